The Morgan fingerprint density at radius 1 is 1.13 bits per heavy atom. The Morgan fingerprint density at radius 3 is 2.43 bits per heavy atom. The summed E-state index contributed by atoms with van der Waals surface area (Å²) in [5, 5.41) is 3.03. The third kappa shape index (κ3) is 5.00. The summed E-state index contributed by atoms with van der Waals surface area (Å²) in [7, 11) is -3.56. The molecule has 1 aliphatic heterocycles. The maximum absolute atomic E-state index is 12.7. The number of rotatable bonds is 6. The molecule has 0 atom stereocenters. The molecule has 0 bridgehead atoms. The number of piperidine rings is 1. The maximum atomic E-state index is 12.7. The van der Waals surface area contributed by atoms with Crippen LogP contribution in [0.2, 0.25) is 5.02 Å². The van der Waals surface area contributed by atoms with E-state index >= 15 is 0 Å². The highest BCUT2D eigenvalue weighted by molar-refractivity contribution is 7.89. The second kappa shape index (κ2) is 9.59. The van der Waals surface area contributed by atoms with E-state index in [4.69, 9.17) is 16.3 Å². The molecule has 160 valence electrons. The molecule has 2 aromatic carbocycles. The van der Waals surface area contributed by atoms with Gasteiger partial charge >= 0.3 is 5.97 Å². The molecule has 0 aliphatic carbocycles. The van der Waals surface area contributed by atoms with E-state index in [1.165, 1.54) is 16.4 Å². The van der Waals surface area contributed by atoms with E-state index in [0.29, 0.717) is 18.5 Å². The average molecular weight is 451 g/mol. The minimum absolute atomic E-state index is 0.181. The van der Waals surface area contributed by atoms with Crippen LogP contribution in [0.4, 0.5) is 5.69 Å². The number of anilines is 1. The lowest BCUT2D eigenvalue weighted by Crippen LogP contribution is -2.41. The second-order valence-corrected chi connectivity index (χ2v) is 9.24. The predicted octanol–water partition coefficient (Wildman–Crippen LogP) is 3.56. The zero-order valence-corrected chi connectivity index (χ0v) is 18.1. The Balaban J connectivity index is 1.62. The van der Waals surface area contributed by atoms with Gasteiger partial charge in [0.05, 0.1) is 22.1 Å². The molecule has 0 aromatic heterocycles. The molecule has 0 saturated carbocycles. The lowest BCUT2D eigenvalue weighted by molar-refractivity contribution is -0.120. The van der Waals surface area contributed by atoms with Crippen molar-refractivity contribution in [3.63, 3.8) is 0 Å². The van der Waals surface area contributed by atoms with Gasteiger partial charge in [0.15, 0.2) is 0 Å². The topological polar surface area (TPSA) is 92.8 Å². The molecule has 0 spiro atoms. The number of ether oxygens (including phenoxy) is 1. The lowest BCUT2D eigenvalue weighted by atomic mass is 9.97. The smallest absolute Gasteiger partial charge is 0.339 e. The lowest BCUT2D eigenvalue weighted by Gasteiger charge is -2.30. The molecular formula is C21H23ClN2O5S. The number of amides is 1. The average Bonchev–Trinajstić information content (AvgIpc) is 2.76. The van der Waals surface area contributed by atoms with E-state index in [1.54, 1.807) is 43.3 Å². The fourth-order valence-corrected chi connectivity index (χ4v) is 5.00. The van der Waals surface area contributed by atoms with Gasteiger partial charge in [-0.2, -0.15) is 4.31 Å². The Labute approximate surface area is 181 Å². The number of nitrogens with zero attached hydrogens (tertiary/aromatic N) is 1. The van der Waals surface area contributed by atoms with E-state index in [0.717, 1.165) is 0 Å². The summed E-state index contributed by atoms with van der Waals surface area (Å²) < 4.78 is 31.8. The van der Waals surface area contributed by atoms with Gasteiger partial charge in [-0.25, -0.2) is 13.2 Å². The fourth-order valence-electron chi connectivity index (χ4n) is 3.31. The molecule has 3 rings (SSSR count). The summed E-state index contributed by atoms with van der Waals surface area (Å²) in [4.78, 5) is 24.9. The number of benzene rings is 2. The highest BCUT2D eigenvalue weighted by atomic mass is 35.5. The number of esters is 1. The minimum Gasteiger partial charge on any atom is -0.462 e. The van der Waals surface area contributed by atoms with Crippen LogP contribution in [0, 0.1) is 5.92 Å². The van der Waals surface area contributed by atoms with E-state index in [-0.39, 0.29) is 47.0 Å². The van der Waals surface area contributed by atoms with E-state index in [2.05, 4.69) is 5.32 Å². The summed E-state index contributed by atoms with van der Waals surface area (Å²) in [6.07, 6.45) is 0.826. The first-order chi connectivity index (χ1) is 14.3. The summed E-state index contributed by atoms with van der Waals surface area (Å²) in [6.45, 7) is 2.45. The van der Waals surface area contributed by atoms with Gasteiger partial charge in [0.1, 0.15) is 0 Å². The molecule has 1 aliphatic rings. The Kier molecular flexibility index (Phi) is 7.12. The van der Waals surface area contributed by atoms with Crippen molar-refractivity contribution < 1.29 is 22.7 Å². The van der Waals surface area contributed by atoms with Crippen molar-refractivity contribution in [2.24, 2.45) is 5.92 Å². The standard InChI is InChI=1S/C21H23ClN2O5S/c1-2-29-21(26)18-14-16(8-9-19(18)22)23-20(25)15-10-12-24(13-11-15)30(27,28)17-6-4-3-5-7-17/h3-9,14-15H,2,10-13H2,1H3,(H,23,25). The van der Waals surface area contributed by atoms with Crippen LogP contribution in [0.1, 0.15) is 30.1 Å². The van der Waals surface area contributed by atoms with Crippen molar-refractivity contribution in [3.8, 4) is 0 Å². The number of hydrogen-bond donors (Lipinski definition) is 1. The molecule has 0 unspecified atom stereocenters. The first-order valence-corrected chi connectivity index (χ1v) is 11.5. The second-order valence-electron chi connectivity index (χ2n) is 6.90. The van der Waals surface area contributed by atoms with Crippen molar-refractivity contribution in [1.82, 2.24) is 4.31 Å². The number of hydrogen-bond acceptors (Lipinski definition) is 5. The van der Waals surface area contributed by atoms with Gasteiger partial charge in [-0.15, -0.1) is 0 Å². The SMILES string of the molecule is CCOC(=O)c1cc(NC(=O)C2CCN(S(=O)(=O)c3ccccc3)CC2)ccc1Cl. The molecule has 9 heteroatoms. The first-order valence-electron chi connectivity index (χ1n) is 9.65. The van der Waals surface area contributed by atoms with Crippen molar-refractivity contribution >= 4 is 39.2 Å². The Bertz CT molecular complexity index is 1020. The Morgan fingerprint density at radius 2 is 1.80 bits per heavy atom. The third-order valence-corrected chi connectivity index (χ3v) is 7.18. The van der Waals surface area contributed by atoms with Gasteiger partial charge < -0.3 is 10.1 Å². The molecule has 0 radical (unpaired) electrons. The molecule has 1 amide bonds. The zero-order chi connectivity index (χ0) is 21.7. The van der Waals surface area contributed by atoms with Crippen molar-refractivity contribution in [3.05, 3.63) is 59.1 Å². The summed E-state index contributed by atoms with van der Waals surface area (Å²) in [6, 6.07) is 12.9. The largest absolute Gasteiger partial charge is 0.462 e. The van der Waals surface area contributed by atoms with Crippen LogP contribution in [-0.2, 0) is 19.6 Å². The van der Waals surface area contributed by atoms with Crippen LogP contribution in [-0.4, -0.2) is 44.3 Å². The normalized spacial score (nSPS) is 15.5. The molecule has 1 fully saturated rings. The maximum Gasteiger partial charge on any atom is 0.339 e. The van der Waals surface area contributed by atoms with Crippen molar-refractivity contribution in [1.29, 1.82) is 0 Å². The van der Waals surface area contributed by atoms with E-state index < -0.39 is 16.0 Å². The fraction of sp³-hybridized carbons (Fsp3) is 0.333. The molecule has 2 aromatic rings. The summed E-state index contributed by atoms with van der Waals surface area (Å²) in [5.41, 5.74) is 0.617. The number of sulfonamides is 1. The van der Waals surface area contributed by atoms with E-state index in [1.807, 2.05) is 0 Å². The molecule has 7 nitrogen and oxygen atoms in total. The highest BCUT2D eigenvalue weighted by Gasteiger charge is 2.32. The van der Waals surface area contributed by atoms with Gasteiger partial charge in [0.2, 0.25) is 15.9 Å². The number of halogens is 1. The van der Waals surface area contributed by atoms with Gasteiger partial charge in [0.25, 0.3) is 0 Å². The number of nitrogens with one attached hydrogen (secondary N) is 1. The van der Waals surface area contributed by atoms with Crippen molar-refractivity contribution in [2.75, 3.05) is 25.0 Å². The first kappa shape index (κ1) is 22.3. The van der Waals surface area contributed by atoms with Crippen LogP contribution < -0.4 is 5.32 Å². The summed E-state index contributed by atoms with van der Waals surface area (Å²) >= 11 is 6.05. The number of carbonyl (C=O) groups excluding carboxylic acids is 2. The summed E-state index contributed by atoms with van der Waals surface area (Å²) in [5.74, 6) is -1.10. The van der Waals surface area contributed by atoms with Crippen LogP contribution in [0.25, 0.3) is 0 Å². The highest BCUT2D eigenvalue weighted by Crippen LogP contribution is 2.26. The quantitative estimate of drug-likeness (QED) is 0.679. The van der Waals surface area contributed by atoms with E-state index in [9.17, 15) is 18.0 Å². The van der Waals surface area contributed by atoms with Crippen LogP contribution in [0.5, 0.6) is 0 Å². The van der Waals surface area contributed by atoms with Gasteiger partial charge in [0, 0.05) is 24.7 Å². The zero-order valence-electron chi connectivity index (χ0n) is 16.5. The van der Waals surface area contributed by atoms with Gasteiger partial charge in [-0.05, 0) is 50.1 Å². The van der Waals surface area contributed by atoms with Crippen molar-refractivity contribution in [2.45, 2.75) is 24.7 Å². The Hall–Kier alpha value is -2.42. The van der Waals surface area contributed by atoms with Gasteiger partial charge in [-0.3, -0.25) is 4.79 Å². The van der Waals surface area contributed by atoms with Crippen LogP contribution in [0.3, 0.4) is 0 Å². The molecule has 1 N–H and O–H groups in total. The monoisotopic (exact) mass is 450 g/mol. The van der Waals surface area contributed by atoms with Gasteiger partial charge in [-0.1, -0.05) is 29.8 Å². The molecule has 30 heavy (non-hydrogen) atoms. The molecular weight excluding hydrogens is 428 g/mol. The third-order valence-electron chi connectivity index (χ3n) is 4.93. The minimum atomic E-state index is -3.56. The molecule has 1 saturated heterocycles. The van der Waals surface area contributed by atoms with Crippen LogP contribution >= 0.6 is 11.6 Å². The number of carbonyl (C=O) groups is 2. The molecule has 1 heterocycles. The predicted molar refractivity (Wildman–Crippen MR) is 114 cm³/mol. The van der Waals surface area contributed by atoms with Crippen LogP contribution in [0.15, 0.2) is 53.4 Å².